The molecule has 2 aromatic rings. The lowest BCUT2D eigenvalue weighted by Crippen LogP contribution is -2.32. The second-order valence-electron chi connectivity index (χ2n) is 6.57. The number of carbonyl (C=O) groups excluding carboxylic acids is 3. The van der Waals surface area contributed by atoms with E-state index < -0.39 is 5.91 Å². The van der Waals surface area contributed by atoms with E-state index in [4.69, 9.17) is 9.47 Å². The van der Waals surface area contributed by atoms with Crippen LogP contribution in [0.4, 0.5) is 11.4 Å². The third-order valence-electron chi connectivity index (χ3n) is 4.57. The maximum Gasteiger partial charge on any atom is 0.251 e. The molecule has 152 valence electrons. The van der Waals surface area contributed by atoms with Crippen molar-refractivity contribution in [2.75, 3.05) is 31.4 Å². The Morgan fingerprint density at radius 3 is 2.59 bits per heavy atom. The van der Waals surface area contributed by atoms with Crippen LogP contribution in [0.5, 0.6) is 11.5 Å². The number of hydrogen-bond acceptors (Lipinski definition) is 5. The molecule has 0 aliphatic carbocycles. The topological polar surface area (TPSA) is 106 Å². The Bertz CT molecular complexity index is 942. The fraction of sp³-hybridized carbons (Fsp3) is 0.286. The van der Waals surface area contributed by atoms with Gasteiger partial charge in [0.25, 0.3) is 5.91 Å². The Labute approximate surface area is 168 Å². The number of methoxy groups -OCH3 is 2. The van der Waals surface area contributed by atoms with Crippen molar-refractivity contribution in [2.24, 2.45) is 0 Å². The van der Waals surface area contributed by atoms with Gasteiger partial charge in [0.05, 0.1) is 20.8 Å². The zero-order valence-corrected chi connectivity index (χ0v) is 16.3. The molecule has 29 heavy (non-hydrogen) atoms. The molecule has 0 bridgehead atoms. The highest BCUT2D eigenvalue weighted by atomic mass is 16.5. The molecule has 0 radical (unpaired) electrons. The van der Waals surface area contributed by atoms with Crippen LogP contribution in [0.1, 0.15) is 28.8 Å². The molecule has 0 aromatic heterocycles. The molecule has 1 heterocycles. The van der Waals surface area contributed by atoms with Gasteiger partial charge in [0.2, 0.25) is 11.8 Å². The highest BCUT2D eigenvalue weighted by Gasteiger charge is 2.15. The number of rotatable bonds is 6. The van der Waals surface area contributed by atoms with Crippen molar-refractivity contribution in [3.05, 3.63) is 47.5 Å². The molecule has 1 aliphatic heterocycles. The van der Waals surface area contributed by atoms with E-state index in [0.29, 0.717) is 29.2 Å². The average Bonchev–Trinajstić information content (AvgIpc) is 2.91. The zero-order chi connectivity index (χ0) is 20.8. The van der Waals surface area contributed by atoms with Crippen LogP contribution in [0.3, 0.4) is 0 Å². The average molecular weight is 397 g/mol. The molecular formula is C21H23N3O5. The van der Waals surface area contributed by atoms with Crippen molar-refractivity contribution in [1.82, 2.24) is 5.32 Å². The molecule has 0 spiro atoms. The van der Waals surface area contributed by atoms with Crippen LogP contribution in [-0.2, 0) is 16.0 Å². The highest BCUT2D eigenvalue weighted by Crippen LogP contribution is 2.27. The van der Waals surface area contributed by atoms with Crippen molar-refractivity contribution >= 4 is 29.1 Å². The highest BCUT2D eigenvalue weighted by molar-refractivity contribution is 6.00. The lowest BCUT2D eigenvalue weighted by atomic mass is 10.1. The predicted molar refractivity (Wildman–Crippen MR) is 109 cm³/mol. The number of nitrogens with one attached hydrogen (secondary N) is 3. The number of amides is 3. The Morgan fingerprint density at radius 2 is 1.83 bits per heavy atom. The Hall–Kier alpha value is -3.55. The fourth-order valence-corrected chi connectivity index (χ4v) is 3.10. The lowest BCUT2D eigenvalue weighted by Gasteiger charge is -2.12. The molecule has 8 nitrogen and oxygen atoms in total. The number of benzene rings is 2. The van der Waals surface area contributed by atoms with Crippen LogP contribution >= 0.6 is 0 Å². The van der Waals surface area contributed by atoms with Gasteiger partial charge in [-0.15, -0.1) is 0 Å². The fourth-order valence-electron chi connectivity index (χ4n) is 3.10. The van der Waals surface area contributed by atoms with Crippen LogP contribution in [0, 0.1) is 0 Å². The third-order valence-corrected chi connectivity index (χ3v) is 4.57. The minimum atomic E-state index is -0.397. The molecule has 3 N–H and O–H groups in total. The largest absolute Gasteiger partial charge is 0.493 e. The SMILES string of the molecule is COc1ccc(C(=O)NCC(=O)Nc2ccc3c(c2)CCCC(=O)N3)cc1OC. The number of anilines is 2. The minimum absolute atomic E-state index is 0.00147. The first kappa shape index (κ1) is 20.2. The van der Waals surface area contributed by atoms with Crippen molar-refractivity contribution < 1.29 is 23.9 Å². The molecule has 2 aromatic carbocycles. The summed E-state index contributed by atoms with van der Waals surface area (Å²) in [6.07, 6.45) is 2.00. The number of ether oxygens (including phenoxy) is 2. The molecule has 8 heteroatoms. The van der Waals surface area contributed by atoms with Crippen molar-refractivity contribution in [1.29, 1.82) is 0 Å². The van der Waals surface area contributed by atoms with E-state index >= 15 is 0 Å². The van der Waals surface area contributed by atoms with Crippen LogP contribution in [0.2, 0.25) is 0 Å². The smallest absolute Gasteiger partial charge is 0.251 e. The van der Waals surface area contributed by atoms with Gasteiger partial charge in [0.15, 0.2) is 11.5 Å². The normalized spacial score (nSPS) is 12.8. The quantitative estimate of drug-likeness (QED) is 0.694. The second kappa shape index (κ2) is 9.09. The summed E-state index contributed by atoms with van der Waals surface area (Å²) in [5.41, 5.74) is 2.72. The molecule has 0 saturated carbocycles. The Morgan fingerprint density at radius 1 is 1.03 bits per heavy atom. The standard InChI is InChI=1S/C21H23N3O5/c1-28-17-9-6-14(11-18(17)29-2)21(27)22-12-20(26)23-15-7-8-16-13(10-15)4-3-5-19(25)24-16/h6-11H,3-5,12H2,1-2H3,(H,22,27)(H,23,26)(H,24,25). The molecular weight excluding hydrogens is 374 g/mol. The summed E-state index contributed by atoms with van der Waals surface area (Å²) in [5, 5.41) is 8.19. The Balaban J connectivity index is 1.58. The summed E-state index contributed by atoms with van der Waals surface area (Å²) in [7, 11) is 3.00. The van der Waals surface area contributed by atoms with E-state index in [9.17, 15) is 14.4 Å². The van der Waals surface area contributed by atoms with Crippen molar-refractivity contribution in [2.45, 2.75) is 19.3 Å². The molecule has 3 rings (SSSR count). The number of hydrogen-bond donors (Lipinski definition) is 3. The van der Waals surface area contributed by atoms with Crippen molar-refractivity contribution in [3.63, 3.8) is 0 Å². The van der Waals surface area contributed by atoms with Crippen molar-refractivity contribution in [3.8, 4) is 11.5 Å². The minimum Gasteiger partial charge on any atom is -0.493 e. The monoisotopic (exact) mass is 397 g/mol. The first-order chi connectivity index (χ1) is 14.0. The first-order valence-corrected chi connectivity index (χ1v) is 9.23. The summed E-state index contributed by atoms with van der Waals surface area (Å²) in [5.74, 6) is 0.198. The van der Waals surface area contributed by atoms with Crippen LogP contribution in [0.25, 0.3) is 0 Å². The molecule has 0 saturated heterocycles. The maximum absolute atomic E-state index is 12.3. The number of aryl methyl sites for hydroxylation is 1. The summed E-state index contributed by atoms with van der Waals surface area (Å²) in [6.45, 7) is -0.180. The second-order valence-corrected chi connectivity index (χ2v) is 6.57. The lowest BCUT2D eigenvalue weighted by molar-refractivity contribution is -0.116. The summed E-state index contributed by atoms with van der Waals surface area (Å²) >= 11 is 0. The van der Waals surface area contributed by atoms with Gasteiger partial charge in [-0.3, -0.25) is 14.4 Å². The Kier molecular flexibility index (Phi) is 6.33. The van der Waals surface area contributed by atoms with Crippen LogP contribution in [0.15, 0.2) is 36.4 Å². The van der Waals surface area contributed by atoms with E-state index in [-0.39, 0.29) is 18.4 Å². The first-order valence-electron chi connectivity index (χ1n) is 9.23. The van der Waals surface area contributed by atoms with E-state index in [0.717, 1.165) is 24.1 Å². The molecule has 0 unspecified atom stereocenters. The van der Waals surface area contributed by atoms with Gasteiger partial charge in [0.1, 0.15) is 0 Å². The van der Waals surface area contributed by atoms with Gasteiger partial charge in [-0.2, -0.15) is 0 Å². The predicted octanol–water partition coefficient (Wildman–Crippen LogP) is 2.35. The molecule has 3 amide bonds. The van der Waals surface area contributed by atoms with Gasteiger partial charge in [0, 0.05) is 23.4 Å². The molecule has 1 aliphatic rings. The van der Waals surface area contributed by atoms with Gasteiger partial charge in [-0.1, -0.05) is 0 Å². The maximum atomic E-state index is 12.3. The van der Waals surface area contributed by atoms with E-state index in [1.807, 2.05) is 6.07 Å². The summed E-state index contributed by atoms with van der Waals surface area (Å²) in [4.78, 5) is 36.1. The zero-order valence-electron chi connectivity index (χ0n) is 16.3. The molecule has 0 atom stereocenters. The van der Waals surface area contributed by atoms with E-state index in [1.54, 1.807) is 30.3 Å². The van der Waals surface area contributed by atoms with Crippen LogP contribution < -0.4 is 25.4 Å². The summed E-state index contributed by atoms with van der Waals surface area (Å²) < 4.78 is 10.3. The van der Waals surface area contributed by atoms with E-state index in [2.05, 4.69) is 16.0 Å². The summed E-state index contributed by atoms with van der Waals surface area (Å²) in [6, 6.07) is 10.1. The molecule has 0 fully saturated rings. The van der Waals surface area contributed by atoms with Gasteiger partial charge in [-0.05, 0) is 54.8 Å². The number of carbonyl (C=O) groups is 3. The van der Waals surface area contributed by atoms with Gasteiger partial charge < -0.3 is 25.4 Å². The van der Waals surface area contributed by atoms with Crippen LogP contribution in [-0.4, -0.2) is 38.5 Å². The third kappa shape index (κ3) is 5.04. The van der Waals surface area contributed by atoms with E-state index in [1.165, 1.54) is 14.2 Å². The van der Waals surface area contributed by atoms with Gasteiger partial charge >= 0.3 is 0 Å². The van der Waals surface area contributed by atoms with Gasteiger partial charge in [-0.25, -0.2) is 0 Å². The number of fused-ring (bicyclic) bond motifs is 1.